The molecule has 10 heteroatoms. The van der Waals surface area contributed by atoms with Gasteiger partial charge >= 0.3 is 11.9 Å². The van der Waals surface area contributed by atoms with E-state index in [2.05, 4.69) is 16.3 Å². The van der Waals surface area contributed by atoms with Crippen molar-refractivity contribution in [1.82, 2.24) is 10.2 Å². The Hall–Kier alpha value is -4.29. The van der Waals surface area contributed by atoms with Gasteiger partial charge in [-0.15, -0.1) is 0 Å². The molecule has 0 amide bonds. The van der Waals surface area contributed by atoms with Gasteiger partial charge in [0.1, 0.15) is 11.5 Å². The van der Waals surface area contributed by atoms with Crippen molar-refractivity contribution in [2.24, 2.45) is 5.73 Å². The number of benzene rings is 2. The molecule has 33 heavy (non-hydrogen) atoms. The summed E-state index contributed by atoms with van der Waals surface area (Å²) >= 11 is 6.42. The molecule has 166 valence electrons. The highest BCUT2D eigenvalue weighted by Gasteiger charge is 2.43. The summed E-state index contributed by atoms with van der Waals surface area (Å²) in [5.41, 5.74) is 7.76. The Morgan fingerprint density at radius 3 is 2.52 bits per heavy atom. The van der Waals surface area contributed by atoms with Crippen LogP contribution in [0.5, 0.6) is 0 Å². The Labute approximate surface area is 193 Å². The van der Waals surface area contributed by atoms with Crippen LogP contribution < -0.4 is 10.6 Å². The molecule has 4 rings (SSSR count). The normalized spacial score (nSPS) is 16.1. The van der Waals surface area contributed by atoms with Crippen LogP contribution in [0.3, 0.4) is 0 Å². The highest BCUT2D eigenvalue weighted by molar-refractivity contribution is 6.35. The first-order valence-corrected chi connectivity index (χ1v) is 10.1. The van der Waals surface area contributed by atoms with Crippen LogP contribution in [-0.4, -0.2) is 36.4 Å². The Morgan fingerprint density at radius 2 is 1.88 bits per heavy atom. The van der Waals surface area contributed by atoms with Gasteiger partial charge in [0, 0.05) is 5.39 Å². The quantitative estimate of drug-likeness (QED) is 0.563. The number of carbonyl (C=O) groups excluding carboxylic acids is 2. The third-order valence-electron chi connectivity index (χ3n) is 5.36. The number of hydrogen-bond donors (Lipinski definition) is 2. The minimum absolute atomic E-state index is 0.0469. The van der Waals surface area contributed by atoms with Crippen LogP contribution in [0.2, 0.25) is 5.02 Å². The monoisotopic (exact) mass is 463 g/mol. The number of H-pyrrole nitrogens is 1. The lowest BCUT2D eigenvalue weighted by Gasteiger charge is -2.36. The van der Waals surface area contributed by atoms with Crippen molar-refractivity contribution in [3.8, 4) is 6.07 Å². The van der Waals surface area contributed by atoms with E-state index in [1.54, 1.807) is 48.7 Å². The van der Waals surface area contributed by atoms with Gasteiger partial charge in [0.25, 0.3) is 0 Å². The molecular formula is C23H18ClN5O4. The first-order chi connectivity index (χ1) is 15.9. The number of nitrogens with one attached hydrogen (secondary N) is 1. The van der Waals surface area contributed by atoms with E-state index in [0.717, 1.165) is 0 Å². The van der Waals surface area contributed by atoms with Gasteiger partial charge in [0.05, 0.1) is 59.8 Å². The smallest absolute Gasteiger partial charge is 0.355 e. The highest BCUT2D eigenvalue weighted by atomic mass is 35.5. The number of anilines is 1. The van der Waals surface area contributed by atoms with E-state index in [4.69, 9.17) is 26.8 Å². The first kappa shape index (κ1) is 21.9. The van der Waals surface area contributed by atoms with Crippen molar-refractivity contribution in [3.63, 3.8) is 0 Å². The van der Waals surface area contributed by atoms with Gasteiger partial charge in [0.2, 0.25) is 0 Å². The number of carbonyl (C=O) groups is 2. The average molecular weight is 464 g/mol. The molecule has 0 spiro atoms. The number of nitriles is 1. The van der Waals surface area contributed by atoms with E-state index in [1.165, 1.54) is 19.1 Å². The number of halogens is 1. The Kier molecular flexibility index (Phi) is 5.77. The topological polar surface area (TPSA) is 134 Å². The van der Waals surface area contributed by atoms with Gasteiger partial charge in [-0.2, -0.15) is 10.4 Å². The second-order valence-electron chi connectivity index (χ2n) is 7.09. The van der Waals surface area contributed by atoms with Gasteiger partial charge < -0.3 is 15.2 Å². The lowest BCUT2D eigenvalue weighted by Crippen LogP contribution is -2.40. The molecule has 3 N–H and O–H groups in total. The summed E-state index contributed by atoms with van der Waals surface area (Å²) in [4.78, 5) is 27.4. The molecule has 1 atom stereocenters. The predicted molar refractivity (Wildman–Crippen MR) is 121 cm³/mol. The van der Waals surface area contributed by atoms with E-state index in [9.17, 15) is 14.9 Å². The maximum absolute atomic E-state index is 13.1. The summed E-state index contributed by atoms with van der Waals surface area (Å²) in [5.74, 6) is -2.63. The molecule has 3 aromatic rings. The van der Waals surface area contributed by atoms with E-state index in [-0.39, 0.29) is 22.7 Å². The third-order valence-corrected chi connectivity index (χ3v) is 5.67. The fourth-order valence-corrected chi connectivity index (χ4v) is 4.17. The number of esters is 2. The third kappa shape index (κ3) is 3.56. The molecule has 1 aliphatic heterocycles. The zero-order valence-electron chi connectivity index (χ0n) is 17.6. The number of aromatic amines is 1. The molecule has 2 heterocycles. The SMILES string of the molecule is COC(=O)C1=C(C(=O)OC)N(c2cc(Cl)c3cn[nH]c3c2)C(N)=C(C#N)C1c1ccccc1. The molecule has 1 unspecified atom stereocenters. The second kappa shape index (κ2) is 8.68. The lowest BCUT2D eigenvalue weighted by molar-refractivity contribution is -0.139. The molecule has 0 fully saturated rings. The maximum atomic E-state index is 13.1. The predicted octanol–water partition coefficient (Wildman–Crippen LogP) is 3.11. The minimum atomic E-state index is -0.944. The molecule has 1 aromatic heterocycles. The highest BCUT2D eigenvalue weighted by Crippen LogP contribution is 2.44. The number of methoxy groups -OCH3 is 2. The van der Waals surface area contributed by atoms with E-state index in [0.29, 0.717) is 27.2 Å². The number of ether oxygens (including phenoxy) is 2. The number of nitrogens with zero attached hydrogens (tertiary/aromatic N) is 3. The average Bonchev–Trinajstić information content (AvgIpc) is 3.32. The fourth-order valence-electron chi connectivity index (χ4n) is 3.90. The van der Waals surface area contributed by atoms with Gasteiger partial charge in [-0.25, -0.2) is 9.59 Å². The largest absolute Gasteiger partial charge is 0.466 e. The van der Waals surface area contributed by atoms with Gasteiger partial charge in [-0.3, -0.25) is 10.00 Å². The number of fused-ring (bicyclic) bond motifs is 1. The zero-order valence-corrected chi connectivity index (χ0v) is 18.4. The molecule has 2 aromatic carbocycles. The number of allylic oxidation sites excluding steroid dienone is 1. The number of aromatic nitrogens is 2. The van der Waals surface area contributed by atoms with E-state index >= 15 is 0 Å². The van der Waals surface area contributed by atoms with E-state index in [1.807, 2.05) is 0 Å². The van der Waals surface area contributed by atoms with Crippen molar-refractivity contribution in [1.29, 1.82) is 5.26 Å². The number of rotatable bonds is 4. The van der Waals surface area contributed by atoms with Crippen molar-refractivity contribution >= 4 is 40.1 Å². The molecule has 0 saturated carbocycles. The second-order valence-corrected chi connectivity index (χ2v) is 7.50. The van der Waals surface area contributed by atoms with Crippen molar-refractivity contribution in [2.45, 2.75) is 5.92 Å². The van der Waals surface area contributed by atoms with Crippen LogP contribution in [-0.2, 0) is 19.1 Å². The maximum Gasteiger partial charge on any atom is 0.355 e. The lowest BCUT2D eigenvalue weighted by atomic mass is 9.81. The van der Waals surface area contributed by atoms with Crippen LogP contribution in [0.1, 0.15) is 11.5 Å². The first-order valence-electron chi connectivity index (χ1n) is 9.71. The molecule has 0 bridgehead atoms. The summed E-state index contributed by atoms with van der Waals surface area (Å²) in [6.45, 7) is 0. The van der Waals surface area contributed by atoms with Crippen molar-refractivity contribution in [2.75, 3.05) is 19.1 Å². The van der Waals surface area contributed by atoms with Crippen LogP contribution in [0.4, 0.5) is 5.69 Å². The van der Waals surface area contributed by atoms with Crippen molar-refractivity contribution in [3.05, 3.63) is 81.9 Å². The van der Waals surface area contributed by atoms with Crippen molar-refractivity contribution < 1.29 is 19.1 Å². The summed E-state index contributed by atoms with van der Waals surface area (Å²) in [5, 5.41) is 17.8. The molecule has 0 aliphatic carbocycles. The molecule has 1 aliphatic rings. The summed E-state index contributed by atoms with van der Waals surface area (Å²) in [6, 6.07) is 14.1. The van der Waals surface area contributed by atoms with Crippen LogP contribution >= 0.6 is 11.6 Å². The van der Waals surface area contributed by atoms with Crippen LogP contribution in [0, 0.1) is 11.3 Å². The molecule has 0 radical (unpaired) electrons. The Morgan fingerprint density at radius 1 is 1.18 bits per heavy atom. The summed E-state index contributed by atoms with van der Waals surface area (Å²) in [6.07, 6.45) is 1.56. The minimum Gasteiger partial charge on any atom is -0.466 e. The number of hydrogen-bond acceptors (Lipinski definition) is 8. The summed E-state index contributed by atoms with van der Waals surface area (Å²) in [7, 11) is 2.38. The number of nitrogens with two attached hydrogens (primary N) is 1. The van der Waals surface area contributed by atoms with Gasteiger partial charge in [-0.05, 0) is 17.7 Å². The molecule has 9 nitrogen and oxygen atoms in total. The van der Waals surface area contributed by atoms with Crippen LogP contribution in [0.15, 0.2) is 71.3 Å². The summed E-state index contributed by atoms with van der Waals surface area (Å²) < 4.78 is 10.0. The molecule has 0 saturated heterocycles. The van der Waals surface area contributed by atoms with Crippen LogP contribution in [0.25, 0.3) is 10.9 Å². The fraction of sp³-hybridized carbons (Fsp3) is 0.130. The molecular weight excluding hydrogens is 446 g/mol. The van der Waals surface area contributed by atoms with E-state index < -0.39 is 17.9 Å². The van der Waals surface area contributed by atoms with Gasteiger partial charge in [-0.1, -0.05) is 41.9 Å². The standard InChI is InChI=1S/C23H18ClN5O4/c1-32-22(30)19-18(12-6-4-3-5-7-12)14(10-25)21(26)29(20(19)23(31)33-2)13-8-16(24)15-11-27-28-17(15)9-13/h3-9,11,18H,26H2,1-2H3,(H,27,28). The zero-order chi connectivity index (χ0) is 23.7. The Bertz CT molecular complexity index is 1370. The Balaban J connectivity index is 2.08. The van der Waals surface area contributed by atoms with Gasteiger partial charge in [0.15, 0.2) is 0 Å².